The van der Waals surface area contributed by atoms with E-state index in [1.807, 2.05) is 6.92 Å². The summed E-state index contributed by atoms with van der Waals surface area (Å²) in [6.07, 6.45) is 1.49. The van der Waals surface area contributed by atoms with Crippen molar-refractivity contribution in [2.24, 2.45) is 0 Å². The molecule has 1 aromatic rings. The Balaban J connectivity index is 3.09. The molecule has 3 heteroatoms. The molecule has 0 saturated carbocycles. The normalized spacial score (nSPS) is 9.40. The molecule has 0 fully saturated rings. The highest BCUT2D eigenvalue weighted by molar-refractivity contribution is 5.30. The molecule has 0 aliphatic rings. The quantitative estimate of drug-likeness (QED) is 0.457. The molecular formula is C7H10N2O. The Hall–Kier alpha value is -1.25. The minimum absolute atomic E-state index is 0.583. The van der Waals surface area contributed by atoms with Crippen molar-refractivity contribution in [2.45, 2.75) is 6.92 Å². The maximum atomic E-state index is 10.9. The molecule has 0 aliphatic heterocycles. The molecule has 0 amide bonds. The van der Waals surface area contributed by atoms with E-state index >= 15 is 0 Å². The highest BCUT2D eigenvalue weighted by Gasteiger charge is 1.97. The second-order valence-corrected chi connectivity index (χ2v) is 2.17. The number of nitrogens with zero attached hydrogens (tertiary/aromatic N) is 1. The Morgan fingerprint density at radius 1 is 1.60 bits per heavy atom. The van der Waals surface area contributed by atoms with E-state index in [-0.39, 0.29) is 0 Å². The van der Waals surface area contributed by atoms with Crippen molar-refractivity contribution < 1.29 is 4.73 Å². The Morgan fingerprint density at radius 3 is 2.80 bits per heavy atom. The van der Waals surface area contributed by atoms with E-state index in [9.17, 15) is 5.21 Å². The number of anilines is 1. The van der Waals surface area contributed by atoms with Gasteiger partial charge in [0, 0.05) is 6.07 Å². The van der Waals surface area contributed by atoms with Crippen LogP contribution in [0.4, 0.5) is 5.82 Å². The van der Waals surface area contributed by atoms with E-state index in [4.69, 9.17) is 0 Å². The van der Waals surface area contributed by atoms with Crippen molar-refractivity contribution in [2.75, 3.05) is 12.4 Å². The molecule has 10 heavy (non-hydrogen) atoms. The van der Waals surface area contributed by atoms with Crippen LogP contribution in [0, 0.1) is 12.1 Å². The predicted molar refractivity (Wildman–Crippen MR) is 39.7 cm³/mol. The number of aromatic nitrogens is 1. The number of aryl methyl sites for hydroxylation is 1. The Morgan fingerprint density at radius 2 is 2.30 bits per heavy atom. The molecule has 0 spiro atoms. The van der Waals surface area contributed by atoms with Crippen LogP contribution in [0.5, 0.6) is 0 Å². The molecule has 1 heterocycles. The van der Waals surface area contributed by atoms with Crippen LogP contribution in [0.1, 0.15) is 5.56 Å². The SMILES string of the molecule is CNc1cc(C)cc[n+]1[O-]. The van der Waals surface area contributed by atoms with Crippen LogP contribution in [-0.4, -0.2) is 7.05 Å². The van der Waals surface area contributed by atoms with Gasteiger partial charge in [-0.2, -0.15) is 0 Å². The van der Waals surface area contributed by atoms with E-state index in [1.165, 1.54) is 6.20 Å². The van der Waals surface area contributed by atoms with Gasteiger partial charge >= 0.3 is 0 Å². The van der Waals surface area contributed by atoms with Gasteiger partial charge in [0.2, 0.25) is 0 Å². The van der Waals surface area contributed by atoms with Crippen LogP contribution in [0.3, 0.4) is 0 Å². The Bertz CT molecular complexity index is 235. The van der Waals surface area contributed by atoms with Gasteiger partial charge in [-0.05, 0) is 18.6 Å². The van der Waals surface area contributed by atoms with Crippen LogP contribution in [-0.2, 0) is 0 Å². The topological polar surface area (TPSA) is 39.0 Å². The van der Waals surface area contributed by atoms with Crippen molar-refractivity contribution in [1.82, 2.24) is 0 Å². The van der Waals surface area contributed by atoms with Gasteiger partial charge in [-0.1, -0.05) is 0 Å². The van der Waals surface area contributed by atoms with Crippen molar-refractivity contribution in [3.05, 3.63) is 29.1 Å². The number of nitrogens with one attached hydrogen (secondary N) is 1. The standard InChI is InChI=1S/C7H10N2O/c1-6-3-4-9(10)7(5-6)8-2/h3-5,8H,1-2H3. The second-order valence-electron chi connectivity index (χ2n) is 2.17. The first kappa shape index (κ1) is 6.86. The first-order chi connectivity index (χ1) is 4.74. The first-order valence-corrected chi connectivity index (χ1v) is 3.11. The fraction of sp³-hybridized carbons (Fsp3) is 0.286. The van der Waals surface area contributed by atoms with Gasteiger partial charge in [0.15, 0.2) is 0 Å². The van der Waals surface area contributed by atoms with Crippen LogP contribution in [0.25, 0.3) is 0 Å². The van der Waals surface area contributed by atoms with Gasteiger partial charge in [0.25, 0.3) is 5.82 Å². The fourth-order valence-corrected chi connectivity index (χ4v) is 0.775. The van der Waals surface area contributed by atoms with E-state index in [2.05, 4.69) is 5.32 Å². The van der Waals surface area contributed by atoms with E-state index in [1.54, 1.807) is 19.2 Å². The lowest BCUT2D eigenvalue weighted by Crippen LogP contribution is -2.29. The third-order valence-corrected chi connectivity index (χ3v) is 1.33. The number of pyridine rings is 1. The van der Waals surface area contributed by atoms with E-state index < -0.39 is 0 Å². The van der Waals surface area contributed by atoms with Crippen molar-refractivity contribution in [3.63, 3.8) is 0 Å². The Labute approximate surface area is 59.9 Å². The van der Waals surface area contributed by atoms with Gasteiger partial charge in [-0.25, -0.2) is 4.73 Å². The molecule has 0 bridgehead atoms. The van der Waals surface area contributed by atoms with Gasteiger partial charge in [0.1, 0.15) is 0 Å². The minimum atomic E-state index is 0.583. The largest absolute Gasteiger partial charge is 0.711 e. The molecule has 0 unspecified atom stereocenters. The summed E-state index contributed by atoms with van der Waals surface area (Å²) in [6.45, 7) is 1.95. The molecule has 0 atom stereocenters. The van der Waals surface area contributed by atoms with Crippen molar-refractivity contribution >= 4 is 5.82 Å². The number of hydrogen-bond acceptors (Lipinski definition) is 2. The minimum Gasteiger partial charge on any atom is -0.711 e. The number of hydrogen-bond donors (Lipinski definition) is 1. The average molecular weight is 138 g/mol. The summed E-state index contributed by atoms with van der Waals surface area (Å²) < 4.78 is 0.799. The molecule has 1 aromatic heterocycles. The summed E-state index contributed by atoms with van der Waals surface area (Å²) in [4.78, 5) is 0. The second kappa shape index (κ2) is 2.56. The molecule has 3 nitrogen and oxygen atoms in total. The van der Waals surface area contributed by atoms with Crippen LogP contribution >= 0.6 is 0 Å². The van der Waals surface area contributed by atoms with Crippen LogP contribution < -0.4 is 10.0 Å². The number of rotatable bonds is 1. The zero-order chi connectivity index (χ0) is 7.56. The zero-order valence-electron chi connectivity index (χ0n) is 6.09. The van der Waals surface area contributed by atoms with Crippen LogP contribution in [0.2, 0.25) is 0 Å². The smallest absolute Gasteiger partial charge is 0.277 e. The van der Waals surface area contributed by atoms with Gasteiger partial charge in [-0.3, -0.25) is 5.32 Å². The molecule has 1 rings (SSSR count). The Kier molecular flexibility index (Phi) is 1.76. The predicted octanol–water partition coefficient (Wildman–Crippen LogP) is 0.670. The van der Waals surface area contributed by atoms with Crippen molar-refractivity contribution in [3.8, 4) is 0 Å². The maximum Gasteiger partial charge on any atom is 0.277 e. The molecule has 0 aliphatic carbocycles. The average Bonchev–Trinajstić information content (AvgIpc) is 1.94. The van der Waals surface area contributed by atoms with Gasteiger partial charge < -0.3 is 5.21 Å². The molecule has 0 aromatic carbocycles. The van der Waals surface area contributed by atoms with Crippen LogP contribution in [0.15, 0.2) is 18.3 Å². The molecule has 0 radical (unpaired) electrons. The summed E-state index contributed by atoms with van der Waals surface area (Å²) in [6, 6.07) is 3.57. The first-order valence-electron chi connectivity index (χ1n) is 3.11. The molecular weight excluding hydrogens is 128 g/mol. The zero-order valence-corrected chi connectivity index (χ0v) is 6.09. The van der Waals surface area contributed by atoms with Crippen molar-refractivity contribution in [1.29, 1.82) is 0 Å². The monoisotopic (exact) mass is 138 g/mol. The summed E-state index contributed by atoms with van der Waals surface area (Å²) in [5.74, 6) is 0.583. The van der Waals surface area contributed by atoms with E-state index in [0.29, 0.717) is 5.82 Å². The highest BCUT2D eigenvalue weighted by atomic mass is 16.5. The van der Waals surface area contributed by atoms with Gasteiger partial charge in [-0.15, -0.1) is 0 Å². The fourth-order valence-electron chi connectivity index (χ4n) is 0.775. The molecule has 0 saturated heterocycles. The third-order valence-electron chi connectivity index (χ3n) is 1.33. The lowest BCUT2D eigenvalue weighted by Gasteiger charge is -2.05. The summed E-state index contributed by atoms with van der Waals surface area (Å²) in [7, 11) is 1.73. The lowest BCUT2D eigenvalue weighted by atomic mass is 10.3. The summed E-state index contributed by atoms with van der Waals surface area (Å²) in [5, 5.41) is 13.6. The maximum absolute atomic E-state index is 10.9. The third kappa shape index (κ3) is 1.18. The highest BCUT2D eigenvalue weighted by Crippen LogP contribution is 2.00. The summed E-state index contributed by atoms with van der Waals surface area (Å²) >= 11 is 0. The van der Waals surface area contributed by atoms with E-state index in [0.717, 1.165) is 10.3 Å². The van der Waals surface area contributed by atoms with Gasteiger partial charge in [0.05, 0.1) is 13.2 Å². The molecule has 54 valence electrons. The lowest BCUT2D eigenvalue weighted by molar-refractivity contribution is -0.590. The summed E-state index contributed by atoms with van der Waals surface area (Å²) in [5.41, 5.74) is 1.08. The molecule has 1 N–H and O–H groups in total.